The van der Waals surface area contributed by atoms with Crippen LogP contribution < -0.4 is 5.32 Å². The van der Waals surface area contributed by atoms with Crippen molar-refractivity contribution in [3.8, 4) is 0 Å². The summed E-state index contributed by atoms with van der Waals surface area (Å²) in [5.74, 6) is 1.01. The van der Waals surface area contributed by atoms with E-state index in [-0.39, 0.29) is 11.3 Å². The minimum absolute atomic E-state index is 0.176. The van der Waals surface area contributed by atoms with Gasteiger partial charge in [0.2, 0.25) is 5.91 Å². The Balaban J connectivity index is 2.19. The van der Waals surface area contributed by atoms with Gasteiger partial charge in [0.05, 0.1) is 0 Å². The zero-order chi connectivity index (χ0) is 11.5. The molecule has 4 heteroatoms. The smallest absolute Gasteiger partial charge is 0.220 e. The van der Waals surface area contributed by atoms with E-state index in [2.05, 4.69) is 29.8 Å². The molecule has 1 amide bonds. The first-order valence-corrected chi connectivity index (χ1v) is 6.16. The predicted octanol–water partition coefficient (Wildman–Crippen LogP) is 1.15. The van der Waals surface area contributed by atoms with Gasteiger partial charge in [-0.3, -0.25) is 4.79 Å². The lowest BCUT2D eigenvalue weighted by Crippen LogP contribution is -2.39. The summed E-state index contributed by atoms with van der Waals surface area (Å²) in [7, 11) is 4.04. The van der Waals surface area contributed by atoms with Crippen molar-refractivity contribution in [1.29, 1.82) is 0 Å². The fraction of sp³-hybridized carbons (Fsp3) is 0.909. The Hall–Kier alpha value is -0.220. The summed E-state index contributed by atoms with van der Waals surface area (Å²) in [6.07, 6.45) is 2.97. The van der Waals surface area contributed by atoms with Gasteiger partial charge in [0, 0.05) is 19.0 Å². The maximum Gasteiger partial charge on any atom is 0.220 e. The van der Waals surface area contributed by atoms with Gasteiger partial charge in [0.15, 0.2) is 0 Å². The van der Waals surface area contributed by atoms with Crippen LogP contribution in [0.5, 0.6) is 0 Å². The monoisotopic (exact) mass is 230 g/mol. The molecular weight excluding hydrogens is 208 g/mol. The van der Waals surface area contributed by atoms with E-state index in [1.165, 1.54) is 0 Å². The van der Waals surface area contributed by atoms with E-state index < -0.39 is 0 Å². The maximum atomic E-state index is 11.6. The average Bonchev–Trinajstić information content (AvgIpc) is 2.94. The number of carbonyl (C=O) groups excluding carboxylic acids is 1. The fourth-order valence-electron chi connectivity index (χ4n) is 1.41. The van der Waals surface area contributed by atoms with E-state index in [1.807, 2.05) is 14.1 Å². The van der Waals surface area contributed by atoms with Gasteiger partial charge in [-0.05, 0) is 45.0 Å². The Morgan fingerprint density at radius 2 is 2.13 bits per heavy atom. The highest BCUT2D eigenvalue weighted by Crippen LogP contribution is 2.49. The first-order valence-electron chi connectivity index (χ1n) is 5.53. The molecule has 0 heterocycles. The van der Waals surface area contributed by atoms with Gasteiger partial charge < -0.3 is 10.2 Å². The fourth-order valence-corrected chi connectivity index (χ4v) is 1.84. The number of hydrogen-bond donors (Lipinski definition) is 2. The molecule has 1 N–H and O–H groups in total. The van der Waals surface area contributed by atoms with Crippen LogP contribution in [0.2, 0.25) is 0 Å². The van der Waals surface area contributed by atoms with Gasteiger partial charge in [0.1, 0.15) is 0 Å². The molecule has 0 radical (unpaired) electrons. The number of hydrogen-bond acceptors (Lipinski definition) is 3. The molecule has 15 heavy (non-hydrogen) atoms. The summed E-state index contributed by atoms with van der Waals surface area (Å²) in [5.41, 5.74) is 0.231. The lowest BCUT2D eigenvalue weighted by Gasteiger charge is -2.20. The van der Waals surface area contributed by atoms with Crippen LogP contribution in [0, 0.1) is 5.41 Å². The minimum atomic E-state index is 0.176. The number of likely N-dealkylation sites (N-methyl/N-ethyl adjacent to an activating group) is 1. The van der Waals surface area contributed by atoms with Gasteiger partial charge in [-0.1, -0.05) is 0 Å². The van der Waals surface area contributed by atoms with E-state index in [1.54, 1.807) is 0 Å². The number of nitrogens with zero attached hydrogens (tertiary/aromatic N) is 1. The van der Waals surface area contributed by atoms with Crippen molar-refractivity contribution in [3.63, 3.8) is 0 Å². The third-order valence-electron chi connectivity index (χ3n) is 3.30. The highest BCUT2D eigenvalue weighted by molar-refractivity contribution is 7.80. The minimum Gasteiger partial charge on any atom is -0.355 e. The van der Waals surface area contributed by atoms with Gasteiger partial charge in [-0.2, -0.15) is 12.6 Å². The van der Waals surface area contributed by atoms with E-state index in [0.29, 0.717) is 12.5 Å². The second kappa shape index (κ2) is 5.21. The van der Waals surface area contributed by atoms with E-state index in [0.717, 1.165) is 25.1 Å². The molecular formula is C11H22N2OS. The van der Waals surface area contributed by atoms with Crippen LogP contribution in [-0.4, -0.2) is 43.2 Å². The molecule has 0 saturated heterocycles. The summed E-state index contributed by atoms with van der Waals surface area (Å²) in [6, 6.07) is 0.389. The zero-order valence-corrected chi connectivity index (χ0v) is 10.8. The summed E-state index contributed by atoms with van der Waals surface area (Å²) < 4.78 is 0. The molecule has 3 nitrogen and oxygen atoms in total. The van der Waals surface area contributed by atoms with Crippen molar-refractivity contribution in [2.24, 2.45) is 5.41 Å². The van der Waals surface area contributed by atoms with E-state index in [9.17, 15) is 4.79 Å². The normalized spacial score (nSPS) is 20.1. The van der Waals surface area contributed by atoms with Crippen LogP contribution in [0.3, 0.4) is 0 Å². The Morgan fingerprint density at radius 3 is 2.53 bits per heavy atom. The Morgan fingerprint density at radius 1 is 1.53 bits per heavy atom. The average molecular weight is 230 g/mol. The largest absolute Gasteiger partial charge is 0.355 e. The van der Waals surface area contributed by atoms with Crippen LogP contribution in [0.4, 0.5) is 0 Å². The SMILES string of the molecule is CC(CNC(=O)CC1(CS)CC1)N(C)C. The van der Waals surface area contributed by atoms with Crippen LogP contribution in [0.25, 0.3) is 0 Å². The summed E-state index contributed by atoms with van der Waals surface area (Å²) in [6.45, 7) is 2.83. The standard InChI is InChI=1S/C11H22N2OS/c1-9(13(2)3)7-12-10(14)6-11(8-15)4-5-11/h9,15H,4-8H2,1-3H3,(H,12,14). The third kappa shape index (κ3) is 4.03. The topological polar surface area (TPSA) is 32.3 Å². The molecule has 1 rings (SSSR count). The number of amides is 1. The number of carbonyl (C=O) groups is 1. The molecule has 1 saturated carbocycles. The molecule has 0 aliphatic heterocycles. The first-order chi connectivity index (χ1) is 6.99. The second-order valence-corrected chi connectivity index (χ2v) is 5.27. The van der Waals surface area contributed by atoms with Crippen LogP contribution >= 0.6 is 12.6 Å². The van der Waals surface area contributed by atoms with E-state index in [4.69, 9.17) is 0 Å². The molecule has 0 aromatic carbocycles. The second-order valence-electron chi connectivity index (χ2n) is 4.95. The van der Waals surface area contributed by atoms with Gasteiger partial charge in [-0.25, -0.2) is 0 Å². The van der Waals surface area contributed by atoms with Crippen LogP contribution in [0.15, 0.2) is 0 Å². The zero-order valence-electron chi connectivity index (χ0n) is 9.92. The lowest BCUT2D eigenvalue weighted by atomic mass is 10.1. The van der Waals surface area contributed by atoms with Crippen LogP contribution in [0.1, 0.15) is 26.2 Å². The molecule has 0 spiro atoms. The van der Waals surface area contributed by atoms with Crippen molar-refractivity contribution < 1.29 is 4.79 Å². The van der Waals surface area contributed by atoms with Crippen molar-refractivity contribution >= 4 is 18.5 Å². The highest BCUT2D eigenvalue weighted by Gasteiger charge is 2.42. The summed E-state index contributed by atoms with van der Waals surface area (Å²) in [5, 5.41) is 2.98. The van der Waals surface area contributed by atoms with Crippen molar-refractivity contribution in [1.82, 2.24) is 10.2 Å². The van der Waals surface area contributed by atoms with Gasteiger partial charge in [0.25, 0.3) is 0 Å². The molecule has 88 valence electrons. The number of thiol groups is 1. The van der Waals surface area contributed by atoms with E-state index >= 15 is 0 Å². The lowest BCUT2D eigenvalue weighted by molar-refractivity contribution is -0.122. The van der Waals surface area contributed by atoms with Gasteiger partial charge in [-0.15, -0.1) is 0 Å². The Kier molecular flexibility index (Phi) is 4.46. The molecule has 1 aliphatic rings. The van der Waals surface area contributed by atoms with Gasteiger partial charge >= 0.3 is 0 Å². The van der Waals surface area contributed by atoms with Crippen molar-refractivity contribution in [2.75, 3.05) is 26.4 Å². The highest BCUT2D eigenvalue weighted by atomic mass is 32.1. The molecule has 1 aliphatic carbocycles. The summed E-state index contributed by atoms with van der Waals surface area (Å²) in [4.78, 5) is 13.7. The summed E-state index contributed by atoms with van der Waals surface area (Å²) >= 11 is 4.29. The number of rotatable bonds is 6. The first kappa shape index (κ1) is 12.8. The Bertz CT molecular complexity index is 227. The molecule has 1 atom stereocenters. The quantitative estimate of drug-likeness (QED) is 0.671. The van der Waals surface area contributed by atoms with Crippen LogP contribution in [-0.2, 0) is 4.79 Å². The Labute approximate surface area is 98.0 Å². The predicted molar refractivity (Wildman–Crippen MR) is 66.3 cm³/mol. The molecule has 0 aromatic heterocycles. The molecule has 1 fully saturated rings. The third-order valence-corrected chi connectivity index (χ3v) is 3.98. The molecule has 0 bridgehead atoms. The molecule has 0 aromatic rings. The van der Waals surface area contributed by atoms with Crippen molar-refractivity contribution in [3.05, 3.63) is 0 Å². The van der Waals surface area contributed by atoms with Crippen molar-refractivity contribution in [2.45, 2.75) is 32.2 Å². The molecule has 1 unspecified atom stereocenters. The number of nitrogens with one attached hydrogen (secondary N) is 1. The maximum absolute atomic E-state index is 11.6.